The lowest BCUT2D eigenvalue weighted by Crippen LogP contribution is -2.44. The molecule has 0 radical (unpaired) electrons. The molecule has 3 heterocycles. The summed E-state index contributed by atoms with van der Waals surface area (Å²) in [6.45, 7) is 8.99. The highest BCUT2D eigenvalue weighted by atomic mass is 16.2. The van der Waals surface area contributed by atoms with Gasteiger partial charge in [-0.25, -0.2) is 9.97 Å². The average Bonchev–Trinajstić information content (AvgIpc) is 2.87. The van der Waals surface area contributed by atoms with Gasteiger partial charge in [-0.2, -0.15) is 0 Å². The first kappa shape index (κ1) is 19.7. The molecule has 0 N–H and O–H groups in total. The third-order valence-electron chi connectivity index (χ3n) is 5.82. The monoisotopic (exact) mass is 373 g/mol. The fraction of sp³-hybridized carbons (Fsp3) is 0.700. The number of likely N-dealkylation sites (tertiary alicyclic amines) is 2. The molecule has 27 heavy (non-hydrogen) atoms. The molecule has 7 heteroatoms. The molecule has 0 spiro atoms. The Morgan fingerprint density at radius 3 is 2.56 bits per heavy atom. The van der Waals surface area contributed by atoms with E-state index in [-0.39, 0.29) is 29.9 Å². The molecule has 2 fully saturated rings. The normalized spacial score (nSPS) is 24.3. The summed E-state index contributed by atoms with van der Waals surface area (Å²) in [7, 11) is 0. The van der Waals surface area contributed by atoms with Crippen molar-refractivity contribution >= 4 is 11.8 Å². The molecule has 1 aromatic heterocycles. The Kier molecular flexibility index (Phi) is 6.42. The summed E-state index contributed by atoms with van der Waals surface area (Å²) in [5, 5.41) is 0. The Morgan fingerprint density at radius 1 is 1.19 bits per heavy atom. The molecule has 7 nitrogen and oxygen atoms in total. The second-order valence-corrected chi connectivity index (χ2v) is 7.94. The minimum absolute atomic E-state index is 0.0134. The summed E-state index contributed by atoms with van der Waals surface area (Å²) in [6.07, 6.45) is 8.83. The summed E-state index contributed by atoms with van der Waals surface area (Å²) in [5.41, 5.74) is 0.951. The molecular formula is C20H31N5O2. The van der Waals surface area contributed by atoms with Gasteiger partial charge in [0, 0.05) is 56.6 Å². The van der Waals surface area contributed by atoms with E-state index < -0.39 is 0 Å². The highest BCUT2D eigenvalue weighted by Crippen LogP contribution is 2.25. The van der Waals surface area contributed by atoms with Gasteiger partial charge in [0.15, 0.2) is 0 Å². The number of carbonyl (C=O) groups is 2. The van der Waals surface area contributed by atoms with Gasteiger partial charge in [0.05, 0.1) is 6.04 Å². The first-order chi connectivity index (χ1) is 13.0. The van der Waals surface area contributed by atoms with Crippen molar-refractivity contribution in [3.05, 3.63) is 24.3 Å². The maximum absolute atomic E-state index is 12.7. The van der Waals surface area contributed by atoms with Crippen molar-refractivity contribution in [3.8, 4) is 0 Å². The van der Waals surface area contributed by atoms with Crippen LogP contribution in [0.3, 0.4) is 0 Å². The number of hydrogen-bond donors (Lipinski definition) is 0. The largest absolute Gasteiger partial charge is 0.339 e. The van der Waals surface area contributed by atoms with Gasteiger partial charge in [-0.1, -0.05) is 0 Å². The van der Waals surface area contributed by atoms with Gasteiger partial charge in [0.2, 0.25) is 11.8 Å². The van der Waals surface area contributed by atoms with E-state index >= 15 is 0 Å². The summed E-state index contributed by atoms with van der Waals surface area (Å²) < 4.78 is 0. The Labute approximate surface area is 161 Å². The van der Waals surface area contributed by atoms with Crippen LogP contribution in [0.15, 0.2) is 18.7 Å². The van der Waals surface area contributed by atoms with Gasteiger partial charge in [0.1, 0.15) is 6.33 Å². The number of aromatic nitrogens is 2. The molecule has 2 saturated heterocycles. The van der Waals surface area contributed by atoms with Crippen LogP contribution in [-0.2, 0) is 16.1 Å². The van der Waals surface area contributed by atoms with E-state index in [0.29, 0.717) is 6.54 Å². The number of rotatable bonds is 5. The van der Waals surface area contributed by atoms with Crippen LogP contribution < -0.4 is 0 Å². The van der Waals surface area contributed by atoms with Crippen molar-refractivity contribution in [2.75, 3.05) is 19.6 Å². The van der Waals surface area contributed by atoms with Crippen molar-refractivity contribution in [2.24, 2.45) is 0 Å². The van der Waals surface area contributed by atoms with Crippen LogP contribution >= 0.6 is 0 Å². The van der Waals surface area contributed by atoms with Crippen molar-refractivity contribution < 1.29 is 9.59 Å². The van der Waals surface area contributed by atoms with Crippen LogP contribution in [0.1, 0.15) is 52.0 Å². The molecule has 2 atom stereocenters. The SMILES string of the molecule is CC(=O)N(Cc1cncnc1)[C@@H]1CCCN([C@@H]2CCN(C(C)C)C2=O)CC1. The molecule has 0 aromatic carbocycles. The smallest absolute Gasteiger partial charge is 0.240 e. The maximum atomic E-state index is 12.7. The van der Waals surface area contributed by atoms with Crippen LogP contribution in [-0.4, -0.2) is 74.2 Å². The first-order valence-corrected chi connectivity index (χ1v) is 10.0. The molecule has 0 unspecified atom stereocenters. The Morgan fingerprint density at radius 2 is 1.93 bits per heavy atom. The van der Waals surface area contributed by atoms with E-state index in [1.165, 1.54) is 6.33 Å². The maximum Gasteiger partial charge on any atom is 0.240 e. The van der Waals surface area contributed by atoms with Gasteiger partial charge >= 0.3 is 0 Å². The standard InChI is InChI=1S/C20H31N5O2/c1-15(2)24-10-7-19(20(24)27)23-8-4-5-18(6-9-23)25(16(3)26)13-17-11-21-14-22-12-17/h11-12,14-15,18-19H,4-10,13H2,1-3H3/t18-,19-/m1/s1. The third-order valence-corrected chi connectivity index (χ3v) is 5.82. The van der Waals surface area contributed by atoms with E-state index in [4.69, 9.17) is 0 Å². The van der Waals surface area contributed by atoms with E-state index in [0.717, 1.165) is 50.9 Å². The van der Waals surface area contributed by atoms with Crippen molar-refractivity contribution in [1.82, 2.24) is 24.7 Å². The third kappa shape index (κ3) is 4.64. The highest BCUT2D eigenvalue weighted by molar-refractivity contribution is 5.84. The fourth-order valence-electron chi connectivity index (χ4n) is 4.37. The van der Waals surface area contributed by atoms with Gasteiger partial charge in [-0.3, -0.25) is 14.5 Å². The van der Waals surface area contributed by atoms with Gasteiger partial charge < -0.3 is 9.80 Å². The molecule has 148 valence electrons. The number of amides is 2. The van der Waals surface area contributed by atoms with Gasteiger partial charge in [-0.15, -0.1) is 0 Å². The second-order valence-electron chi connectivity index (χ2n) is 7.94. The number of hydrogen-bond acceptors (Lipinski definition) is 5. The summed E-state index contributed by atoms with van der Waals surface area (Å²) in [5.74, 6) is 0.355. The average molecular weight is 374 g/mol. The number of carbonyl (C=O) groups excluding carboxylic acids is 2. The highest BCUT2D eigenvalue weighted by Gasteiger charge is 2.38. The molecule has 1 aromatic rings. The van der Waals surface area contributed by atoms with E-state index in [2.05, 4.69) is 28.7 Å². The Hall–Kier alpha value is -2.02. The van der Waals surface area contributed by atoms with E-state index in [9.17, 15) is 9.59 Å². The summed E-state index contributed by atoms with van der Waals surface area (Å²) in [6, 6.07) is 0.480. The molecular weight excluding hydrogens is 342 g/mol. The fourth-order valence-corrected chi connectivity index (χ4v) is 4.37. The molecule has 2 amide bonds. The molecule has 2 aliphatic rings. The summed E-state index contributed by atoms with van der Waals surface area (Å²) in [4.78, 5) is 39.4. The lowest BCUT2D eigenvalue weighted by Gasteiger charge is -2.31. The number of nitrogens with zero attached hydrogens (tertiary/aromatic N) is 5. The zero-order valence-electron chi connectivity index (χ0n) is 16.7. The predicted molar refractivity (Wildman–Crippen MR) is 103 cm³/mol. The van der Waals surface area contributed by atoms with E-state index in [1.54, 1.807) is 19.3 Å². The molecule has 0 bridgehead atoms. The van der Waals surface area contributed by atoms with Crippen LogP contribution in [0.4, 0.5) is 0 Å². The molecule has 0 aliphatic carbocycles. The lowest BCUT2D eigenvalue weighted by molar-refractivity contribution is -0.134. The predicted octanol–water partition coefficient (Wildman–Crippen LogP) is 1.69. The van der Waals surface area contributed by atoms with Crippen LogP contribution in [0.2, 0.25) is 0 Å². The second kappa shape index (κ2) is 8.78. The van der Waals surface area contributed by atoms with Crippen molar-refractivity contribution in [3.63, 3.8) is 0 Å². The quantitative estimate of drug-likeness (QED) is 0.786. The zero-order valence-corrected chi connectivity index (χ0v) is 16.7. The zero-order chi connectivity index (χ0) is 19.4. The van der Waals surface area contributed by atoms with Gasteiger partial charge in [-0.05, 0) is 46.1 Å². The topological polar surface area (TPSA) is 69.6 Å². The van der Waals surface area contributed by atoms with Crippen molar-refractivity contribution in [2.45, 2.75) is 71.1 Å². The molecule has 2 aliphatic heterocycles. The first-order valence-electron chi connectivity index (χ1n) is 10.0. The molecule has 3 rings (SSSR count). The van der Waals surface area contributed by atoms with E-state index in [1.807, 2.05) is 9.80 Å². The lowest BCUT2D eigenvalue weighted by atomic mass is 10.1. The van der Waals surface area contributed by atoms with Crippen LogP contribution in [0, 0.1) is 0 Å². The molecule has 0 saturated carbocycles. The Balaban J connectivity index is 1.63. The minimum Gasteiger partial charge on any atom is -0.339 e. The Bertz CT molecular complexity index is 651. The van der Waals surface area contributed by atoms with Crippen LogP contribution in [0.25, 0.3) is 0 Å². The minimum atomic E-state index is 0.0134. The van der Waals surface area contributed by atoms with Crippen LogP contribution in [0.5, 0.6) is 0 Å². The van der Waals surface area contributed by atoms with Crippen molar-refractivity contribution in [1.29, 1.82) is 0 Å². The van der Waals surface area contributed by atoms with Gasteiger partial charge in [0.25, 0.3) is 0 Å². The summed E-state index contributed by atoms with van der Waals surface area (Å²) >= 11 is 0.